The number of hydrogen-bond acceptors (Lipinski definition) is 3. The summed E-state index contributed by atoms with van der Waals surface area (Å²) in [6.07, 6.45) is 0. The fourth-order valence-electron chi connectivity index (χ4n) is 1.98. The van der Waals surface area contributed by atoms with Gasteiger partial charge >= 0.3 is 0 Å². The van der Waals surface area contributed by atoms with Crippen LogP contribution in [0, 0.1) is 0 Å². The molecule has 2 saturated heterocycles. The van der Waals surface area contributed by atoms with Crippen LogP contribution in [0.3, 0.4) is 0 Å². The monoisotopic (exact) mass is 198 g/mol. The van der Waals surface area contributed by atoms with Crippen LogP contribution in [-0.2, 0) is 4.74 Å². The summed E-state index contributed by atoms with van der Waals surface area (Å²) in [6.45, 7) is 10.8. The molecule has 0 aromatic rings. The smallest absolute Gasteiger partial charge is 0.0594 e. The third-order valence-corrected chi connectivity index (χ3v) is 2.98. The number of ether oxygens (including phenoxy) is 1. The molecule has 0 spiro atoms. The molecule has 4 heteroatoms. The van der Waals surface area contributed by atoms with E-state index in [0.717, 1.165) is 52.5 Å². The largest absolute Gasteiger partial charge is 0.660 e. The Balaban J connectivity index is 1.60. The van der Waals surface area contributed by atoms with E-state index in [1.165, 1.54) is 13.1 Å². The molecule has 2 aliphatic rings. The van der Waals surface area contributed by atoms with E-state index in [1.807, 2.05) is 0 Å². The maximum absolute atomic E-state index is 5.32. The third kappa shape index (κ3) is 3.20. The Bertz CT molecular complexity index is 135. The Morgan fingerprint density at radius 1 is 0.857 bits per heavy atom. The van der Waals surface area contributed by atoms with Gasteiger partial charge in [-0.25, -0.2) is 0 Å². The standard InChI is InChI=1S/C10H20N3O/c1-3-12(4-2-11-1)5-6-13-7-9-14-10-8-13/h1-10H2/q-1. The lowest BCUT2D eigenvalue weighted by molar-refractivity contribution is 0.0334. The van der Waals surface area contributed by atoms with Gasteiger partial charge in [0, 0.05) is 26.2 Å². The van der Waals surface area contributed by atoms with Crippen molar-refractivity contribution in [3.63, 3.8) is 0 Å². The molecular formula is C10H20N3O-. The first kappa shape index (κ1) is 10.4. The number of rotatable bonds is 3. The van der Waals surface area contributed by atoms with E-state index in [-0.39, 0.29) is 0 Å². The molecule has 0 N–H and O–H groups in total. The summed E-state index contributed by atoms with van der Waals surface area (Å²) in [5.74, 6) is 0. The zero-order chi connectivity index (χ0) is 9.64. The molecule has 2 heterocycles. The van der Waals surface area contributed by atoms with Crippen molar-refractivity contribution in [2.75, 3.05) is 65.6 Å². The maximum atomic E-state index is 5.32. The van der Waals surface area contributed by atoms with Gasteiger partial charge in [-0.2, -0.15) is 0 Å². The molecule has 0 radical (unpaired) electrons. The molecular weight excluding hydrogens is 178 g/mol. The van der Waals surface area contributed by atoms with Crippen molar-refractivity contribution in [2.45, 2.75) is 0 Å². The van der Waals surface area contributed by atoms with Crippen LogP contribution in [0.1, 0.15) is 0 Å². The number of hydrogen-bond donors (Lipinski definition) is 0. The van der Waals surface area contributed by atoms with E-state index in [4.69, 9.17) is 4.74 Å². The summed E-state index contributed by atoms with van der Waals surface area (Å²) >= 11 is 0. The molecule has 0 unspecified atom stereocenters. The lowest BCUT2D eigenvalue weighted by Crippen LogP contribution is -2.43. The van der Waals surface area contributed by atoms with Crippen molar-refractivity contribution >= 4 is 0 Å². The molecule has 2 rings (SSSR count). The zero-order valence-corrected chi connectivity index (χ0v) is 8.82. The minimum Gasteiger partial charge on any atom is -0.660 e. The SMILES string of the molecule is C1CN(CCN2CCOCC2)CC[N-]1. The normalized spacial score (nSPS) is 26.6. The quantitative estimate of drug-likeness (QED) is 0.640. The first-order valence-electron chi connectivity index (χ1n) is 5.61. The van der Waals surface area contributed by atoms with Gasteiger partial charge in [0.05, 0.1) is 13.2 Å². The number of piperazine rings is 1. The lowest BCUT2D eigenvalue weighted by atomic mass is 10.3. The molecule has 0 amide bonds. The van der Waals surface area contributed by atoms with Crippen LogP contribution in [0.25, 0.3) is 5.32 Å². The molecule has 14 heavy (non-hydrogen) atoms. The van der Waals surface area contributed by atoms with Gasteiger partial charge in [-0.05, 0) is 13.1 Å². The average molecular weight is 198 g/mol. The fourth-order valence-corrected chi connectivity index (χ4v) is 1.98. The highest BCUT2D eigenvalue weighted by atomic mass is 16.5. The second-order valence-corrected chi connectivity index (χ2v) is 3.97. The predicted octanol–water partition coefficient (Wildman–Crippen LogP) is 0.00790. The Morgan fingerprint density at radius 2 is 1.43 bits per heavy atom. The highest BCUT2D eigenvalue weighted by molar-refractivity contribution is 4.87. The van der Waals surface area contributed by atoms with Crippen molar-refractivity contribution in [1.29, 1.82) is 0 Å². The van der Waals surface area contributed by atoms with Crippen LogP contribution in [0.4, 0.5) is 0 Å². The summed E-state index contributed by atoms with van der Waals surface area (Å²) in [7, 11) is 0. The third-order valence-electron chi connectivity index (χ3n) is 2.98. The molecule has 82 valence electrons. The summed E-state index contributed by atoms with van der Waals surface area (Å²) in [6, 6.07) is 0. The van der Waals surface area contributed by atoms with Crippen molar-refractivity contribution in [1.82, 2.24) is 9.80 Å². The van der Waals surface area contributed by atoms with E-state index in [2.05, 4.69) is 15.1 Å². The highest BCUT2D eigenvalue weighted by Crippen LogP contribution is 2.02. The highest BCUT2D eigenvalue weighted by Gasteiger charge is 2.11. The first-order chi connectivity index (χ1) is 6.95. The van der Waals surface area contributed by atoms with Gasteiger partial charge in [-0.15, -0.1) is 13.1 Å². The van der Waals surface area contributed by atoms with Crippen LogP contribution in [0.15, 0.2) is 0 Å². The van der Waals surface area contributed by atoms with E-state index < -0.39 is 0 Å². The fraction of sp³-hybridized carbons (Fsp3) is 1.00. The van der Waals surface area contributed by atoms with Gasteiger partial charge in [0.25, 0.3) is 0 Å². The lowest BCUT2D eigenvalue weighted by Gasteiger charge is -2.37. The van der Waals surface area contributed by atoms with E-state index in [9.17, 15) is 0 Å². The summed E-state index contributed by atoms with van der Waals surface area (Å²) < 4.78 is 5.32. The Morgan fingerprint density at radius 3 is 2.07 bits per heavy atom. The zero-order valence-electron chi connectivity index (χ0n) is 8.82. The molecule has 4 nitrogen and oxygen atoms in total. The molecule has 0 aromatic heterocycles. The van der Waals surface area contributed by atoms with E-state index in [0.29, 0.717) is 0 Å². The second kappa shape index (κ2) is 5.66. The average Bonchev–Trinajstić information content (AvgIpc) is 2.29. The summed E-state index contributed by atoms with van der Waals surface area (Å²) in [5, 5.41) is 4.35. The minimum atomic E-state index is 0.912. The van der Waals surface area contributed by atoms with Crippen LogP contribution >= 0.6 is 0 Å². The van der Waals surface area contributed by atoms with Crippen molar-refractivity contribution in [3.8, 4) is 0 Å². The van der Waals surface area contributed by atoms with Crippen molar-refractivity contribution < 1.29 is 4.74 Å². The van der Waals surface area contributed by atoms with Gasteiger partial charge < -0.3 is 15.0 Å². The second-order valence-electron chi connectivity index (χ2n) is 3.97. The topological polar surface area (TPSA) is 29.8 Å². The molecule has 0 atom stereocenters. The van der Waals surface area contributed by atoms with Gasteiger partial charge in [0.2, 0.25) is 0 Å². The van der Waals surface area contributed by atoms with Crippen LogP contribution in [0.2, 0.25) is 0 Å². The van der Waals surface area contributed by atoms with Gasteiger partial charge in [0.15, 0.2) is 0 Å². The van der Waals surface area contributed by atoms with Crippen LogP contribution in [-0.4, -0.2) is 75.4 Å². The number of nitrogens with zero attached hydrogens (tertiary/aromatic N) is 3. The molecule has 0 bridgehead atoms. The molecule has 0 aliphatic carbocycles. The maximum Gasteiger partial charge on any atom is 0.0594 e. The molecule has 2 aliphatic heterocycles. The van der Waals surface area contributed by atoms with Gasteiger partial charge in [-0.3, -0.25) is 4.90 Å². The van der Waals surface area contributed by atoms with Crippen molar-refractivity contribution in [2.24, 2.45) is 0 Å². The van der Waals surface area contributed by atoms with Crippen LogP contribution < -0.4 is 0 Å². The van der Waals surface area contributed by atoms with Gasteiger partial charge in [-0.1, -0.05) is 0 Å². The van der Waals surface area contributed by atoms with Gasteiger partial charge in [0.1, 0.15) is 0 Å². The van der Waals surface area contributed by atoms with Crippen molar-refractivity contribution in [3.05, 3.63) is 5.32 Å². The Labute approximate surface area is 86.2 Å². The van der Waals surface area contributed by atoms with E-state index >= 15 is 0 Å². The summed E-state index contributed by atoms with van der Waals surface area (Å²) in [4.78, 5) is 5.01. The minimum absolute atomic E-state index is 0.912. The molecule has 0 aromatic carbocycles. The molecule has 2 fully saturated rings. The predicted molar refractivity (Wildman–Crippen MR) is 56.8 cm³/mol. The number of morpholine rings is 1. The van der Waals surface area contributed by atoms with Crippen LogP contribution in [0.5, 0.6) is 0 Å². The summed E-state index contributed by atoms with van der Waals surface area (Å²) in [5.41, 5.74) is 0. The molecule has 0 saturated carbocycles. The Hall–Kier alpha value is -0.160. The Kier molecular flexibility index (Phi) is 4.19. The van der Waals surface area contributed by atoms with E-state index in [1.54, 1.807) is 0 Å². The first-order valence-corrected chi connectivity index (χ1v) is 5.61.